The fraction of sp³-hybridized carbons (Fsp3) is 0.0952. The molecule has 0 unspecified atom stereocenters. The first-order chi connectivity index (χ1) is 13.4. The number of aryl methyl sites for hydroxylation is 2. The lowest BCUT2D eigenvalue weighted by molar-refractivity contribution is -0.113. The summed E-state index contributed by atoms with van der Waals surface area (Å²) in [5, 5.41) is 10.3. The quantitative estimate of drug-likeness (QED) is 0.507. The van der Waals surface area contributed by atoms with Gasteiger partial charge in [0.05, 0.1) is 16.2 Å². The molecule has 0 atom stereocenters. The Morgan fingerprint density at radius 1 is 1.21 bits per heavy atom. The zero-order valence-corrected chi connectivity index (χ0v) is 16.8. The van der Waals surface area contributed by atoms with Gasteiger partial charge in [0.1, 0.15) is 0 Å². The van der Waals surface area contributed by atoms with E-state index in [2.05, 4.69) is 0 Å². The maximum absolute atomic E-state index is 13.1. The molecule has 0 bridgehead atoms. The summed E-state index contributed by atoms with van der Waals surface area (Å²) in [4.78, 5) is 26.3. The van der Waals surface area contributed by atoms with Crippen molar-refractivity contribution in [2.75, 3.05) is 4.90 Å². The number of aromatic nitrogens is 1. The van der Waals surface area contributed by atoms with Gasteiger partial charge in [0.2, 0.25) is 0 Å². The van der Waals surface area contributed by atoms with E-state index in [0.717, 1.165) is 22.0 Å². The van der Waals surface area contributed by atoms with Gasteiger partial charge in [-0.2, -0.15) is 0 Å². The zero-order valence-electron chi connectivity index (χ0n) is 15.2. The maximum Gasteiger partial charge on any atom is 0.335 e. The number of carboxylic acids is 1. The molecule has 0 saturated carbocycles. The number of fused-ring (bicyclic) bond motifs is 1. The van der Waals surface area contributed by atoms with Gasteiger partial charge in [0.15, 0.2) is 4.32 Å². The Hall–Kier alpha value is -2.90. The standard InChI is InChI=1S/C21H16N2O3S2/c1-12-7-8-13(20(25)26)9-17(12)23-19(24)18(28-21(23)27)10-14-11-22(2)16-6-4-3-5-15(14)16/h3-11H,1-2H3,(H,25,26). The van der Waals surface area contributed by atoms with E-state index in [4.69, 9.17) is 12.2 Å². The molecule has 28 heavy (non-hydrogen) atoms. The molecule has 5 nitrogen and oxygen atoms in total. The van der Waals surface area contributed by atoms with E-state index < -0.39 is 5.97 Å². The van der Waals surface area contributed by atoms with Gasteiger partial charge in [0, 0.05) is 29.7 Å². The minimum absolute atomic E-state index is 0.118. The second-order valence-corrected chi connectivity index (χ2v) is 8.21. The van der Waals surface area contributed by atoms with Gasteiger partial charge in [-0.15, -0.1) is 0 Å². The van der Waals surface area contributed by atoms with Crippen molar-refractivity contribution in [3.05, 3.63) is 70.3 Å². The molecule has 2 heterocycles. The van der Waals surface area contributed by atoms with Crippen molar-refractivity contribution in [3.63, 3.8) is 0 Å². The lowest BCUT2D eigenvalue weighted by Crippen LogP contribution is -2.28. The van der Waals surface area contributed by atoms with Crippen LogP contribution in [0.25, 0.3) is 17.0 Å². The lowest BCUT2D eigenvalue weighted by atomic mass is 10.1. The molecule has 4 rings (SSSR count). The van der Waals surface area contributed by atoms with E-state index in [1.807, 2.05) is 55.1 Å². The number of nitrogens with zero attached hydrogens (tertiary/aromatic N) is 2. The van der Waals surface area contributed by atoms with E-state index in [-0.39, 0.29) is 11.5 Å². The number of thiocarbonyl (C=S) groups is 1. The number of hydrogen-bond donors (Lipinski definition) is 1. The molecule has 0 spiro atoms. The zero-order chi connectivity index (χ0) is 20.0. The van der Waals surface area contributed by atoms with Gasteiger partial charge in [-0.3, -0.25) is 9.69 Å². The second-order valence-electron chi connectivity index (χ2n) is 6.54. The highest BCUT2D eigenvalue weighted by molar-refractivity contribution is 8.27. The Labute approximate surface area is 171 Å². The van der Waals surface area contributed by atoms with Crippen LogP contribution in [-0.2, 0) is 11.8 Å². The topological polar surface area (TPSA) is 62.5 Å². The van der Waals surface area contributed by atoms with Crippen LogP contribution in [0.15, 0.2) is 53.6 Å². The number of carbonyl (C=O) groups is 2. The summed E-state index contributed by atoms with van der Waals surface area (Å²) in [5.41, 5.74) is 3.42. The summed E-state index contributed by atoms with van der Waals surface area (Å²) in [5.74, 6) is -1.29. The average molecular weight is 409 g/mol. The summed E-state index contributed by atoms with van der Waals surface area (Å²) < 4.78 is 2.41. The van der Waals surface area contributed by atoms with E-state index >= 15 is 0 Å². The number of carboxylic acid groups (broad SMARTS) is 1. The van der Waals surface area contributed by atoms with Crippen molar-refractivity contribution >= 4 is 62.8 Å². The van der Waals surface area contributed by atoms with Crippen LogP contribution in [0, 0.1) is 6.92 Å². The van der Waals surface area contributed by atoms with Crippen molar-refractivity contribution < 1.29 is 14.7 Å². The number of hydrogen-bond acceptors (Lipinski definition) is 4. The first-order valence-electron chi connectivity index (χ1n) is 8.53. The number of para-hydroxylation sites is 1. The highest BCUT2D eigenvalue weighted by Crippen LogP contribution is 2.38. The molecule has 0 radical (unpaired) electrons. The van der Waals surface area contributed by atoms with E-state index in [1.54, 1.807) is 6.07 Å². The first-order valence-corrected chi connectivity index (χ1v) is 9.75. The summed E-state index contributed by atoms with van der Waals surface area (Å²) in [6.07, 6.45) is 3.82. The van der Waals surface area contributed by atoms with Crippen LogP contribution in [0.4, 0.5) is 5.69 Å². The molecule has 1 amide bonds. The Morgan fingerprint density at radius 3 is 2.71 bits per heavy atom. The smallest absolute Gasteiger partial charge is 0.335 e. The molecular formula is C21H16N2O3S2. The average Bonchev–Trinajstić information content (AvgIpc) is 3.12. The van der Waals surface area contributed by atoms with Gasteiger partial charge in [0.25, 0.3) is 5.91 Å². The van der Waals surface area contributed by atoms with Crippen molar-refractivity contribution in [1.82, 2.24) is 4.57 Å². The number of benzene rings is 2. The van der Waals surface area contributed by atoms with Gasteiger partial charge in [-0.25, -0.2) is 4.79 Å². The molecule has 7 heteroatoms. The van der Waals surface area contributed by atoms with Crippen molar-refractivity contribution in [1.29, 1.82) is 0 Å². The Bertz CT molecular complexity index is 1190. The maximum atomic E-state index is 13.1. The number of rotatable bonds is 3. The number of thioether (sulfide) groups is 1. The number of carbonyl (C=O) groups excluding carboxylic acids is 1. The van der Waals surface area contributed by atoms with Crippen molar-refractivity contribution in [3.8, 4) is 0 Å². The minimum Gasteiger partial charge on any atom is -0.478 e. The Balaban J connectivity index is 1.77. The largest absolute Gasteiger partial charge is 0.478 e. The first kappa shape index (κ1) is 18.5. The molecule has 140 valence electrons. The van der Waals surface area contributed by atoms with Crippen LogP contribution in [0.3, 0.4) is 0 Å². The minimum atomic E-state index is -1.04. The van der Waals surface area contributed by atoms with Crippen LogP contribution < -0.4 is 4.90 Å². The lowest BCUT2D eigenvalue weighted by Gasteiger charge is -2.17. The van der Waals surface area contributed by atoms with Gasteiger partial charge >= 0.3 is 5.97 Å². The Kier molecular flexibility index (Phi) is 4.56. The van der Waals surface area contributed by atoms with Crippen molar-refractivity contribution in [2.45, 2.75) is 6.92 Å². The number of aromatic carboxylic acids is 1. The highest BCUT2D eigenvalue weighted by Gasteiger charge is 2.34. The third-order valence-electron chi connectivity index (χ3n) is 4.71. The summed E-state index contributed by atoms with van der Waals surface area (Å²) in [7, 11) is 1.96. The molecule has 1 aliphatic heterocycles. The third kappa shape index (κ3) is 3.02. The van der Waals surface area contributed by atoms with Crippen LogP contribution in [0.5, 0.6) is 0 Å². The monoisotopic (exact) mass is 408 g/mol. The molecule has 2 aromatic carbocycles. The second kappa shape index (κ2) is 6.92. The molecule has 1 N–H and O–H groups in total. The highest BCUT2D eigenvalue weighted by atomic mass is 32.2. The number of anilines is 1. The van der Waals surface area contributed by atoms with Crippen LogP contribution in [0.2, 0.25) is 0 Å². The normalized spacial score (nSPS) is 15.8. The fourth-order valence-corrected chi connectivity index (χ4v) is 4.56. The van der Waals surface area contributed by atoms with Crippen LogP contribution >= 0.6 is 24.0 Å². The van der Waals surface area contributed by atoms with Gasteiger partial charge < -0.3 is 9.67 Å². The molecule has 1 fully saturated rings. The molecule has 1 aliphatic rings. The van der Waals surface area contributed by atoms with Crippen LogP contribution in [-0.4, -0.2) is 25.9 Å². The van der Waals surface area contributed by atoms with Crippen LogP contribution in [0.1, 0.15) is 21.5 Å². The predicted octanol–water partition coefficient (Wildman–Crippen LogP) is 4.59. The Morgan fingerprint density at radius 2 is 1.96 bits per heavy atom. The van der Waals surface area contributed by atoms with Gasteiger partial charge in [-0.1, -0.05) is 48.2 Å². The van der Waals surface area contributed by atoms with Crippen molar-refractivity contribution in [2.24, 2.45) is 7.05 Å². The fourth-order valence-electron chi connectivity index (χ4n) is 3.29. The number of amides is 1. The van der Waals surface area contributed by atoms with Gasteiger partial charge in [-0.05, 0) is 36.8 Å². The molecule has 1 saturated heterocycles. The van der Waals surface area contributed by atoms with E-state index in [9.17, 15) is 14.7 Å². The molecule has 1 aromatic heterocycles. The summed E-state index contributed by atoms with van der Waals surface area (Å²) in [6.45, 7) is 1.83. The van der Waals surface area contributed by atoms with E-state index in [0.29, 0.717) is 14.9 Å². The molecule has 0 aliphatic carbocycles. The SMILES string of the molecule is Cc1ccc(C(=O)O)cc1N1C(=O)C(=Cc2cn(C)c3ccccc23)SC1=S. The summed E-state index contributed by atoms with van der Waals surface area (Å²) >= 11 is 6.66. The molecule has 3 aromatic rings. The predicted molar refractivity (Wildman–Crippen MR) is 117 cm³/mol. The third-order valence-corrected chi connectivity index (χ3v) is 6.01. The molecular weight excluding hydrogens is 392 g/mol. The summed E-state index contributed by atoms with van der Waals surface area (Å²) in [6, 6.07) is 12.7. The van der Waals surface area contributed by atoms with E-state index in [1.165, 1.54) is 28.8 Å².